The van der Waals surface area contributed by atoms with Gasteiger partial charge in [0.05, 0.1) is 5.75 Å². The van der Waals surface area contributed by atoms with Crippen LogP contribution in [0.25, 0.3) is 0 Å². The lowest BCUT2D eigenvalue weighted by molar-refractivity contribution is 0.196. The first-order chi connectivity index (χ1) is 9.55. The molecule has 1 saturated heterocycles. The molecular formula is C14H21ClN2O2S. The fourth-order valence-electron chi connectivity index (χ4n) is 2.35. The Morgan fingerprint density at radius 1 is 1.05 bits per heavy atom. The molecule has 4 nitrogen and oxygen atoms in total. The minimum Gasteiger partial charge on any atom is -0.301 e. The van der Waals surface area contributed by atoms with Crippen LogP contribution >= 0.6 is 11.6 Å². The first kappa shape index (κ1) is 15.8. The molecule has 0 saturated carbocycles. The fraction of sp³-hybridized carbons (Fsp3) is 0.571. The second kappa shape index (κ2) is 6.89. The number of hydrogen-bond donors (Lipinski definition) is 0. The molecule has 0 bridgehead atoms. The lowest BCUT2D eigenvalue weighted by Gasteiger charge is -2.33. The number of benzene rings is 1. The summed E-state index contributed by atoms with van der Waals surface area (Å²) in [6, 6.07) is 7.45. The molecule has 1 aliphatic rings. The van der Waals surface area contributed by atoms with Crippen LogP contribution in [0.15, 0.2) is 24.3 Å². The van der Waals surface area contributed by atoms with E-state index in [-0.39, 0.29) is 5.75 Å². The molecule has 2 rings (SSSR count). The van der Waals surface area contributed by atoms with Gasteiger partial charge in [0.2, 0.25) is 10.0 Å². The Balaban J connectivity index is 2.00. The molecule has 0 unspecified atom stereocenters. The van der Waals surface area contributed by atoms with Crippen molar-refractivity contribution in [1.29, 1.82) is 0 Å². The van der Waals surface area contributed by atoms with E-state index in [4.69, 9.17) is 11.6 Å². The third-order valence-corrected chi connectivity index (χ3v) is 5.86. The van der Waals surface area contributed by atoms with Gasteiger partial charge >= 0.3 is 0 Å². The van der Waals surface area contributed by atoms with Gasteiger partial charge < -0.3 is 4.90 Å². The van der Waals surface area contributed by atoms with Crippen LogP contribution < -0.4 is 0 Å². The molecule has 6 heteroatoms. The van der Waals surface area contributed by atoms with Crippen LogP contribution in [0.4, 0.5) is 0 Å². The van der Waals surface area contributed by atoms with Gasteiger partial charge in [0.25, 0.3) is 0 Å². The number of hydrogen-bond acceptors (Lipinski definition) is 3. The van der Waals surface area contributed by atoms with E-state index in [1.54, 1.807) is 4.31 Å². The second-order valence-electron chi connectivity index (χ2n) is 5.04. The molecule has 1 aromatic rings. The monoisotopic (exact) mass is 316 g/mol. The van der Waals surface area contributed by atoms with Crippen LogP contribution in [0.3, 0.4) is 0 Å². The Morgan fingerprint density at radius 3 is 2.10 bits per heavy atom. The third kappa shape index (κ3) is 3.95. The normalized spacial score (nSPS) is 18.3. The molecule has 0 aliphatic carbocycles. The van der Waals surface area contributed by atoms with Crippen molar-refractivity contribution in [1.82, 2.24) is 9.21 Å². The van der Waals surface area contributed by atoms with Gasteiger partial charge in [-0.2, -0.15) is 4.31 Å². The standard InChI is InChI=1S/C14H21ClN2O2S/c1-2-16-7-9-17(10-8-16)20(18,19)12-14-5-3-13(11-15)4-6-14/h3-6H,2,7-12H2,1H3. The third-order valence-electron chi connectivity index (χ3n) is 3.70. The Morgan fingerprint density at radius 2 is 1.60 bits per heavy atom. The maximum Gasteiger partial charge on any atom is 0.218 e. The van der Waals surface area contributed by atoms with Crippen LogP contribution in [0.2, 0.25) is 0 Å². The SMILES string of the molecule is CCN1CCN(S(=O)(=O)Cc2ccc(CCl)cc2)CC1. The Bertz CT molecular complexity index is 523. The van der Waals surface area contributed by atoms with Crippen LogP contribution in [-0.4, -0.2) is 50.3 Å². The molecule has 112 valence electrons. The zero-order valence-electron chi connectivity index (χ0n) is 11.8. The first-order valence-corrected chi connectivity index (χ1v) is 9.03. The predicted molar refractivity (Wildman–Crippen MR) is 82.3 cm³/mol. The van der Waals surface area contributed by atoms with Gasteiger partial charge in [0.15, 0.2) is 0 Å². The number of piperazine rings is 1. The average Bonchev–Trinajstić information content (AvgIpc) is 2.48. The summed E-state index contributed by atoms with van der Waals surface area (Å²) in [5, 5.41) is 0. The van der Waals surface area contributed by atoms with Gasteiger partial charge in [-0.15, -0.1) is 11.6 Å². The molecule has 20 heavy (non-hydrogen) atoms. The van der Waals surface area contributed by atoms with E-state index in [1.807, 2.05) is 24.3 Å². The second-order valence-corrected chi connectivity index (χ2v) is 7.28. The van der Waals surface area contributed by atoms with Crippen molar-refractivity contribution in [3.8, 4) is 0 Å². The molecule has 1 heterocycles. The number of alkyl halides is 1. The maximum absolute atomic E-state index is 12.4. The smallest absolute Gasteiger partial charge is 0.218 e. The Labute approximate surface area is 126 Å². The van der Waals surface area contributed by atoms with E-state index in [2.05, 4.69) is 11.8 Å². The molecule has 0 radical (unpaired) electrons. The molecular weight excluding hydrogens is 296 g/mol. The highest BCUT2D eigenvalue weighted by Crippen LogP contribution is 2.15. The van der Waals surface area contributed by atoms with Gasteiger partial charge in [-0.1, -0.05) is 31.2 Å². The Hall–Kier alpha value is -0.620. The van der Waals surface area contributed by atoms with Gasteiger partial charge in [-0.05, 0) is 17.7 Å². The van der Waals surface area contributed by atoms with Crippen molar-refractivity contribution < 1.29 is 8.42 Å². The summed E-state index contributed by atoms with van der Waals surface area (Å²) in [5.41, 5.74) is 1.82. The van der Waals surface area contributed by atoms with Gasteiger partial charge in [-0.3, -0.25) is 0 Å². The van der Waals surface area contributed by atoms with E-state index < -0.39 is 10.0 Å². The number of rotatable bonds is 5. The molecule has 1 aromatic carbocycles. The highest BCUT2D eigenvalue weighted by molar-refractivity contribution is 7.88. The highest BCUT2D eigenvalue weighted by Gasteiger charge is 2.26. The predicted octanol–water partition coefficient (Wildman–Crippen LogP) is 1.89. The van der Waals surface area contributed by atoms with Crippen molar-refractivity contribution in [2.75, 3.05) is 32.7 Å². The van der Waals surface area contributed by atoms with Crippen molar-refractivity contribution in [2.24, 2.45) is 0 Å². The number of nitrogens with zero attached hydrogens (tertiary/aromatic N) is 2. The lowest BCUT2D eigenvalue weighted by atomic mass is 10.2. The molecule has 0 atom stereocenters. The molecule has 1 aliphatic heterocycles. The van der Waals surface area contributed by atoms with Crippen molar-refractivity contribution in [3.63, 3.8) is 0 Å². The molecule has 1 fully saturated rings. The van der Waals surface area contributed by atoms with E-state index in [0.29, 0.717) is 19.0 Å². The largest absolute Gasteiger partial charge is 0.301 e. The molecule has 0 spiro atoms. The van der Waals surface area contributed by atoms with Crippen LogP contribution in [0.1, 0.15) is 18.1 Å². The lowest BCUT2D eigenvalue weighted by Crippen LogP contribution is -2.48. The summed E-state index contributed by atoms with van der Waals surface area (Å²) in [6.45, 7) is 5.91. The summed E-state index contributed by atoms with van der Waals surface area (Å²) >= 11 is 5.73. The summed E-state index contributed by atoms with van der Waals surface area (Å²) < 4.78 is 26.4. The molecule has 0 aromatic heterocycles. The van der Waals surface area contributed by atoms with E-state index in [9.17, 15) is 8.42 Å². The van der Waals surface area contributed by atoms with Gasteiger partial charge in [0.1, 0.15) is 0 Å². The van der Waals surface area contributed by atoms with Crippen LogP contribution in [0, 0.1) is 0 Å². The van der Waals surface area contributed by atoms with Crippen molar-refractivity contribution in [2.45, 2.75) is 18.6 Å². The topological polar surface area (TPSA) is 40.6 Å². The summed E-state index contributed by atoms with van der Waals surface area (Å²) in [5.74, 6) is 0.522. The molecule has 0 amide bonds. The number of sulfonamides is 1. The zero-order valence-corrected chi connectivity index (χ0v) is 13.3. The van der Waals surface area contributed by atoms with Crippen molar-refractivity contribution >= 4 is 21.6 Å². The highest BCUT2D eigenvalue weighted by atomic mass is 35.5. The summed E-state index contributed by atoms with van der Waals surface area (Å²) in [7, 11) is -3.21. The maximum atomic E-state index is 12.4. The average molecular weight is 317 g/mol. The van der Waals surface area contributed by atoms with Gasteiger partial charge in [-0.25, -0.2) is 8.42 Å². The number of likely N-dealkylation sites (N-methyl/N-ethyl adjacent to an activating group) is 1. The van der Waals surface area contributed by atoms with Crippen molar-refractivity contribution in [3.05, 3.63) is 35.4 Å². The van der Waals surface area contributed by atoms with E-state index in [0.717, 1.165) is 30.8 Å². The summed E-state index contributed by atoms with van der Waals surface area (Å²) in [6.07, 6.45) is 0. The fourth-order valence-corrected chi connectivity index (χ4v) is 4.04. The van der Waals surface area contributed by atoms with E-state index in [1.165, 1.54) is 0 Å². The van der Waals surface area contributed by atoms with Crippen LogP contribution in [0.5, 0.6) is 0 Å². The Kier molecular flexibility index (Phi) is 5.43. The quantitative estimate of drug-likeness (QED) is 0.779. The van der Waals surface area contributed by atoms with Gasteiger partial charge in [0, 0.05) is 32.1 Å². The summed E-state index contributed by atoms with van der Waals surface area (Å²) in [4.78, 5) is 2.27. The minimum absolute atomic E-state index is 0.0711. The van der Waals surface area contributed by atoms with Crippen LogP contribution in [-0.2, 0) is 21.7 Å². The van der Waals surface area contributed by atoms with E-state index >= 15 is 0 Å². The number of halogens is 1. The first-order valence-electron chi connectivity index (χ1n) is 6.89. The molecule has 0 N–H and O–H groups in total. The zero-order chi connectivity index (χ0) is 14.6. The minimum atomic E-state index is -3.21.